The number of carboxylic acids is 1. The summed E-state index contributed by atoms with van der Waals surface area (Å²) in [6, 6.07) is 0. The van der Waals surface area contributed by atoms with Gasteiger partial charge in [0.05, 0.1) is 5.75 Å². The van der Waals surface area contributed by atoms with Crippen LogP contribution in [0.25, 0.3) is 0 Å². The first-order valence-electron chi connectivity index (χ1n) is 7.80. The molecule has 0 unspecified atom stereocenters. The molecule has 4 saturated carbocycles. The molecule has 5 rings (SSSR count). The molecule has 6 heteroatoms. The van der Waals surface area contributed by atoms with Gasteiger partial charge in [-0.05, 0) is 56.3 Å². The van der Waals surface area contributed by atoms with E-state index in [1.165, 1.54) is 50.3 Å². The average molecular weight is 307 g/mol. The van der Waals surface area contributed by atoms with Gasteiger partial charge in [-0.3, -0.25) is 4.79 Å². The number of aliphatic carboxylic acids is 1. The Kier molecular flexibility index (Phi) is 3.07. The lowest BCUT2D eigenvalue weighted by Crippen LogP contribution is -2.49. The number of carboxylic acid groups (broad SMARTS) is 1. The normalized spacial score (nSPS) is 37.1. The summed E-state index contributed by atoms with van der Waals surface area (Å²) in [5, 5.41) is 14.2. The summed E-state index contributed by atoms with van der Waals surface area (Å²) in [5.74, 6) is 2.84. The lowest BCUT2D eigenvalue weighted by molar-refractivity contribution is -0.133. The lowest BCUT2D eigenvalue weighted by atomic mass is 9.49. The molecule has 114 valence electrons. The van der Waals surface area contributed by atoms with Crippen LogP contribution in [-0.4, -0.2) is 31.6 Å². The molecule has 21 heavy (non-hydrogen) atoms. The fourth-order valence-corrected chi connectivity index (χ4v) is 5.86. The molecular weight excluding hydrogens is 286 g/mol. The van der Waals surface area contributed by atoms with Crippen molar-refractivity contribution in [2.24, 2.45) is 24.8 Å². The molecule has 0 radical (unpaired) electrons. The number of aryl methyl sites for hydroxylation is 1. The predicted molar refractivity (Wildman–Crippen MR) is 79.2 cm³/mol. The average Bonchev–Trinajstić information content (AvgIpc) is 2.77. The highest BCUT2D eigenvalue weighted by Crippen LogP contribution is 2.60. The lowest BCUT2D eigenvalue weighted by Gasteiger charge is -2.55. The SMILES string of the molecule is Cn1nc(C23CC4CC(CC(C4)C2)C3)nc1SCC(=O)O. The van der Waals surface area contributed by atoms with Gasteiger partial charge in [0.2, 0.25) is 0 Å². The minimum atomic E-state index is -0.806. The Hall–Kier alpha value is -1.04. The zero-order valence-electron chi connectivity index (χ0n) is 12.3. The predicted octanol–water partition coefficient (Wildman–Crippen LogP) is 2.46. The molecule has 0 atom stereocenters. The molecule has 0 saturated heterocycles. The third-order valence-electron chi connectivity index (χ3n) is 5.56. The highest BCUT2D eigenvalue weighted by molar-refractivity contribution is 7.99. The molecule has 4 aliphatic rings. The number of aromatic nitrogens is 3. The highest BCUT2D eigenvalue weighted by Gasteiger charge is 2.53. The molecule has 1 N–H and O–H groups in total. The molecule has 1 aromatic heterocycles. The van der Waals surface area contributed by atoms with Gasteiger partial charge in [0.15, 0.2) is 11.0 Å². The summed E-state index contributed by atoms with van der Waals surface area (Å²) in [7, 11) is 1.88. The minimum absolute atomic E-state index is 0.0485. The Morgan fingerprint density at radius 1 is 1.29 bits per heavy atom. The van der Waals surface area contributed by atoms with Gasteiger partial charge in [-0.25, -0.2) is 9.67 Å². The van der Waals surface area contributed by atoms with Crippen molar-refractivity contribution in [2.45, 2.75) is 49.1 Å². The van der Waals surface area contributed by atoms with Gasteiger partial charge in [-0.15, -0.1) is 0 Å². The number of carbonyl (C=O) groups is 1. The van der Waals surface area contributed by atoms with Crippen molar-refractivity contribution in [1.82, 2.24) is 14.8 Å². The number of rotatable bonds is 4. The third-order valence-corrected chi connectivity index (χ3v) is 6.57. The molecule has 0 aliphatic heterocycles. The van der Waals surface area contributed by atoms with E-state index in [9.17, 15) is 4.79 Å². The maximum Gasteiger partial charge on any atom is 0.313 e. The Balaban J connectivity index is 1.61. The van der Waals surface area contributed by atoms with E-state index in [1.54, 1.807) is 4.68 Å². The molecule has 0 spiro atoms. The van der Waals surface area contributed by atoms with E-state index in [1.807, 2.05) is 7.05 Å². The first-order valence-corrected chi connectivity index (χ1v) is 8.79. The zero-order chi connectivity index (χ0) is 14.6. The van der Waals surface area contributed by atoms with E-state index in [0.29, 0.717) is 0 Å². The van der Waals surface area contributed by atoms with E-state index in [4.69, 9.17) is 10.1 Å². The van der Waals surface area contributed by atoms with Crippen LogP contribution in [-0.2, 0) is 17.3 Å². The van der Waals surface area contributed by atoms with Crippen molar-refractivity contribution in [2.75, 3.05) is 5.75 Å². The first kappa shape index (κ1) is 13.6. The third kappa shape index (κ3) is 2.28. The van der Waals surface area contributed by atoms with Crippen molar-refractivity contribution in [3.05, 3.63) is 5.82 Å². The summed E-state index contributed by atoms with van der Waals surface area (Å²) in [4.78, 5) is 15.5. The maximum atomic E-state index is 10.7. The van der Waals surface area contributed by atoms with Crippen LogP contribution in [0.3, 0.4) is 0 Å². The fraction of sp³-hybridized carbons (Fsp3) is 0.800. The van der Waals surface area contributed by atoms with Crippen LogP contribution in [0.4, 0.5) is 0 Å². The first-order chi connectivity index (χ1) is 10.0. The Labute approximate surface area is 128 Å². The van der Waals surface area contributed by atoms with E-state index in [2.05, 4.69) is 5.10 Å². The Morgan fingerprint density at radius 2 is 1.86 bits per heavy atom. The van der Waals surface area contributed by atoms with Gasteiger partial charge >= 0.3 is 5.97 Å². The van der Waals surface area contributed by atoms with Gasteiger partial charge in [0.25, 0.3) is 0 Å². The van der Waals surface area contributed by atoms with E-state index in [0.717, 1.165) is 28.7 Å². The molecular formula is C15H21N3O2S. The van der Waals surface area contributed by atoms with Gasteiger partial charge in [-0.2, -0.15) is 5.10 Å². The quantitative estimate of drug-likeness (QED) is 0.865. The second kappa shape index (κ2) is 4.73. The molecule has 1 heterocycles. The Bertz CT molecular complexity index is 548. The minimum Gasteiger partial charge on any atom is -0.481 e. The highest BCUT2D eigenvalue weighted by atomic mass is 32.2. The summed E-state index contributed by atoms with van der Waals surface area (Å²) >= 11 is 1.27. The Morgan fingerprint density at radius 3 is 2.38 bits per heavy atom. The van der Waals surface area contributed by atoms with E-state index < -0.39 is 5.97 Å². The van der Waals surface area contributed by atoms with Crippen LogP contribution in [0.5, 0.6) is 0 Å². The summed E-state index contributed by atoms with van der Waals surface area (Å²) in [6.45, 7) is 0. The standard InChI is InChI=1S/C15H21N3O2S/c1-18-14(21-8-12(19)20)16-13(17-18)15-5-9-2-10(6-15)4-11(3-9)7-15/h9-11H,2-8H2,1H3,(H,19,20). The maximum absolute atomic E-state index is 10.7. The largest absolute Gasteiger partial charge is 0.481 e. The van der Waals surface area contributed by atoms with Gasteiger partial charge in [-0.1, -0.05) is 11.8 Å². The molecule has 1 aromatic rings. The monoisotopic (exact) mass is 307 g/mol. The van der Waals surface area contributed by atoms with Crippen LogP contribution in [0.2, 0.25) is 0 Å². The molecule has 0 aromatic carbocycles. The smallest absolute Gasteiger partial charge is 0.313 e. The molecule has 0 amide bonds. The van der Waals surface area contributed by atoms with Gasteiger partial charge < -0.3 is 5.11 Å². The summed E-state index contributed by atoms with van der Waals surface area (Å²) in [5.41, 5.74) is 0.189. The van der Waals surface area contributed by atoms with Gasteiger partial charge in [0.1, 0.15) is 0 Å². The van der Waals surface area contributed by atoms with Crippen molar-refractivity contribution < 1.29 is 9.90 Å². The number of hydrogen-bond donors (Lipinski definition) is 1. The van der Waals surface area contributed by atoms with Crippen molar-refractivity contribution in [1.29, 1.82) is 0 Å². The van der Waals surface area contributed by atoms with E-state index >= 15 is 0 Å². The second-order valence-electron chi connectivity index (χ2n) is 7.22. The summed E-state index contributed by atoms with van der Waals surface area (Å²) < 4.78 is 1.77. The van der Waals surface area contributed by atoms with Crippen LogP contribution >= 0.6 is 11.8 Å². The summed E-state index contributed by atoms with van der Waals surface area (Å²) in [6.07, 6.45) is 7.95. The second-order valence-corrected chi connectivity index (χ2v) is 8.16. The van der Waals surface area contributed by atoms with E-state index in [-0.39, 0.29) is 11.2 Å². The van der Waals surface area contributed by atoms with Crippen LogP contribution in [0.1, 0.15) is 44.3 Å². The molecule has 5 nitrogen and oxygen atoms in total. The molecule has 4 aliphatic carbocycles. The molecule has 4 bridgehead atoms. The van der Waals surface area contributed by atoms with Crippen LogP contribution in [0, 0.1) is 17.8 Å². The van der Waals surface area contributed by atoms with Crippen molar-refractivity contribution in [3.8, 4) is 0 Å². The van der Waals surface area contributed by atoms with Crippen LogP contribution < -0.4 is 0 Å². The van der Waals surface area contributed by atoms with Gasteiger partial charge in [0, 0.05) is 12.5 Å². The zero-order valence-corrected chi connectivity index (χ0v) is 13.1. The topological polar surface area (TPSA) is 68.0 Å². The van der Waals surface area contributed by atoms with Crippen molar-refractivity contribution >= 4 is 17.7 Å². The fourth-order valence-electron chi connectivity index (χ4n) is 5.23. The van der Waals surface area contributed by atoms with Crippen molar-refractivity contribution in [3.63, 3.8) is 0 Å². The number of hydrogen-bond acceptors (Lipinski definition) is 4. The number of thioether (sulfide) groups is 1. The number of nitrogens with zero attached hydrogens (tertiary/aromatic N) is 3. The van der Waals surface area contributed by atoms with Crippen LogP contribution in [0.15, 0.2) is 5.16 Å². The molecule has 4 fully saturated rings.